The zero-order chi connectivity index (χ0) is 84.8. The number of non-ortho nitro benzene ring substituents is 2. The quantitative estimate of drug-likeness (QED) is 0.0136. The molecule has 8 rings (SSSR count). The van der Waals surface area contributed by atoms with Crippen LogP contribution in [0.2, 0.25) is 0 Å². The first-order valence-corrected chi connectivity index (χ1v) is 35.0. The summed E-state index contributed by atoms with van der Waals surface area (Å²) in [5.74, 6) is -15.5. The van der Waals surface area contributed by atoms with Gasteiger partial charge in [-0.05, 0) is 150 Å². The first kappa shape index (κ1) is 92.5. The van der Waals surface area contributed by atoms with E-state index >= 15 is 0 Å². The van der Waals surface area contributed by atoms with Gasteiger partial charge in [0.25, 0.3) is 11.4 Å². The monoisotopic (exact) mass is 1630 g/mol. The second kappa shape index (κ2) is 43.1. The van der Waals surface area contributed by atoms with Crippen LogP contribution in [0.3, 0.4) is 0 Å². The molecule has 4 heterocycles. The number of ether oxygens (including phenoxy) is 4. The van der Waals surface area contributed by atoms with Crippen LogP contribution in [0.1, 0.15) is 93.4 Å². The minimum absolute atomic E-state index is 0.0107. The highest BCUT2D eigenvalue weighted by molar-refractivity contribution is 5.88. The molecule has 0 radical (unpaired) electrons. The molecule has 45 heteroatoms. The summed E-state index contributed by atoms with van der Waals surface area (Å²) in [6.07, 6.45) is -9.58. The fourth-order valence-corrected chi connectivity index (χ4v) is 8.67. The molecule has 0 amide bonds. The number of rotatable bonds is 39. The number of nitrogens with zero attached hydrogens (tertiary/aromatic N) is 18. The number of aromatic carboxylic acids is 1. The van der Waals surface area contributed by atoms with Crippen LogP contribution in [0.4, 0.5) is 139 Å². The number of hydrogen-bond acceptors (Lipinski definition) is 29. The number of carbonyl (C=O) groups is 1. The summed E-state index contributed by atoms with van der Waals surface area (Å²) in [6, 6.07) is 20.7. The van der Waals surface area contributed by atoms with E-state index in [-0.39, 0.29) is 76.5 Å². The number of carboxylic acid groups (broad SMARTS) is 1. The highest BCUT2D eigenvalue weighted by Gasteiger charge is 2.41. The Kier molecular flexibility index (Phi) is 34.9. The number of alkyl halides is 12. The Balaban J connectivity index is 0.000000272. The molecule has 622 valence electrons. The van der Waals surface area contributed by atoms with Gasteiger partial charge in [0.1, 0.15) is 5.82 Å². The van der Waals surface area contributed by atoms with Crippen molar-refractivity contribution in [3.63, 3.8) is 0 Å². The minimum atomic E-state index is -3.71. The molecule has 0 fully saturated rings. The topological polar surface area (TPSA) is 376 Å². The average molecular weight is 1630 g/mol. The van der Waals surface area contributed by atoms with Crippen molar-refractivity contribution < 1.29 is 95.8 Å². The maximum atomic E-state index is 13.5. The number of nitro benzene ring substituents is 2. The highest BCUT2D eigenvalue weighted by atomic mass is 19.3. The summed E-state index contributed by atoms with van der Waals surface area (Å²) < 4.78 is 193. The van der Waals surface area contributed by atoms with Crippen LogP contribution in [0.15, 0.2) is 97.1 Å². The number of aromatic nitrogens is 12. The number of nitro groups is 2. The van der Waals surface area contributed by atoms with Crippen molar-refractivity contribution >= 4 is 87.7 Å². The van der Waals surface area contributed by atoms with Crippen LogP contribution >= 0.6 is 0 Å². The Morgan fingerprint density at radius 3 is 0.895 bits per heavy atom. The molecule has 0 aliphatic carbocycles. The van der Waals surface area contributed by atoms with Gasteiger partial charge in [-0.25, -0.2) is 26.7 Å². The average Bonchev–Trinajstić information content (AvgIpc) is 0.844. The first-order chi connectivity index (χ1) is 53.7. The molecule has 0 bridgehead atoms. The molecule has 4 atom stereocenters. The second-order valence-corrected chi connectivity index (χ2v) is 23.8. The van der Waals surface area contributed by atoms with Crippen molar-refractivity contribution in [2.75, 3.05) is 120 Å². The Morgan fingerprint density at radius 2 is 0.649 bits per heavy atom. The number of nitrogens with one attached hydrogen (secondary N) is 4. The van der Waals surface area contributed by atoms with Gasteiger partial charge in [0, 0.05) is 99.4 Å². The number of hydrogen-bond donors (Lipinski definition) is 5. The molecule has 4 aromatic carbocycles. The van der Waals surface area contributed by atoms with Gasteiger partial charge in [-0.3, -0.25) is 20.2 Å². The van der Waals surface area contributed by atoms with Gasteiger partial charge in [-0.15, -0.1) is 0 Å². The molecule has 32 nitrogen and oxygen atoms in total. The summed E-state index contributed by atoms with van der Waals surface area (Å²) in [4.78, 5) is 87.2. The molecular weight excluding hydrogens is 1540 g/mol. The normalized spacial score (nSPS) is 12.4. The molecule has 0 saturated carbocycles. The Hall–Kier alpha value is -12.1. The fourth-order valence-electron chi connectivity index (χ4n) is 8.67. The van der Waals surface area contributed by atoms with E-state index in [2.05, 4.69) is 81.1 Å². The predicted molar refractivity (Wildman–Crippen MR) is 397 cm³/mol. The largest absolute Gasteiger partial charge is 0.478 e. The summed E-state index contributed by atoms with van der Waals surface area (Å²) in [7, 11) is 0. The zero-order valence-electron chi connectivity index (χ0n) is 63.6. The van der Waals surface area contributed by atoms with Crippen LogP contribution in [-0.4, -0.2) is 208 Å². The van der Waals surface area contributed by atoms with Crippen molar-refractivity contribution in [1.82, 2.24) is 59.8 Å². The van der Waals surface area contributed by atoms with Crippen molar-refractivity contribution in [3.05, 3.63) is 129 Å². The molecule has 114 heavy (non-hydrogen) atoms. The van der Waals surface area contributed by atoms with Crippen molar-refractivity contribution in [3.8, 4) is 24.0 Å². The van der Waals surface area contributed by atoms with Gasteiger partial charge < -0.3 is 64.9 Å². The van der Waals surface area contributed by atoms with E-state index in [0.29, 0.717) is 75.1 Å². The van der Waals surface area contributed by atoms with E-state index in [1.807, 2.05) is 55.4 Å². The minimum Gasteiger partial charge on any atom is -0.478 e. The third kappa shape index (κ3) is 28.9. The van der Waals surface area contributed by atoms with Gasteiger partial charge in [0.05, 0.1) is 15.4 Å². The van der Waals surface area contributed by atoms with E-state index in [1.165, 1.54) is 91.0 Å². The number of carboxylic acids is 1. The van der Waals surface area contributed by atoms with Gasteiger partial charge >= 0.3 is 53.7 Å². The van der Waals surface area contributed by atoms with Gasteiger partial charge in [0.15, 0.2) is 51.1 Å². The maximum Gasteiger partial charge on any atom is 0.335 e. The second-order valence-electron chi connectivity index (χ2n) is 23.8. The summed E-state index contributed by atoms with van der Waals surface area (Å²) in [5.41, 5.74) is 1.55. The Morgan fingerprint density at radius 1 is 0.395 bits per heavy atom. The van der Waals surface area contributed by atoms with Crippen LogP contribution < -0.4 is 59.8 Å². The molecule has 0 aliphatic rings. The van der Waals surface area contributed by atoms with Gasteiger partial charge in [-0.1, -0.05) is 6.07 Å². The number of halogens is 13. The summed E-state index contributed by atoms with van der Waals surface area (Å²) >= 11 is 0. The Bertz CT molecular complexity index is 4200. The van der Waals surface area contributed by atoms with Crippen molar-refractivity contribution in [2.45, 2.75) is 131 Å². The highest BCUT2D eigenvalue weighted by Crippen LogP contribution is 2.31. The molecule has 0 spiro atoms. The smallest absolute Gasteiger partial charge is 0.335 e. The summed E-state index contributed by atoms with van der Waals surface area (Å²) in [5, 5.41) is 41.9. The van der Waals surface area contributed by atoms with Crippen LogP contribution in [0.25, 0.3) is 0 Å². The van der Waals surface area contributed by atoms with E-state index < -0.39 is 108 Å². The number of benzene rings is 4. The standard InChI is InChI=1S/C18H22F3N5O3.C17H21F4N5O.2C17H21F3N6O3/c1-4-26(5-2)16-23-15(22-13-8-6-12(7-9-13)14(27)28)24-17(25-16)29-10-18(20,21)11(3)19;1-4-26(5-2)15-23-14(22-13-8-6-12(19)7-9-13)24-16(25-15)27-10-17(20,21)11(3)18;1-4-25(5-2)15-22-14(21-12-6-8-13(9-7-12)26(27)28)23-16(24-15)29-10-17(19,20)11(3)18;1-4-25(5-2)15-22-14(21-12-7-6-8-13(9-12)26(27)28)23-16(24-15)29-10-17(19,20)11(3)18/h6-9,11H,4-5,10H2,1-3H3,(H,27,28)(H,22,23,24,25);6-9,11H,4-5,10H2,1-3H3,(H,22,23,24,25);2*6-9,11H,4-5,10H2,1-3H3,(H,21,22,23,24). The molecule has 0 aliphatic heterocycles. The SMILES string of the molecule is CCN(CC)c1nc(Nc2ccc(C(=O)O)cc2)nc(OCC(F)(F)C(C)F)n1.CCN(CC)c1nc(Nc2ccc(F)cc2)nc(OCC(F)(F)C(C)F)n1.CCN(CC)c1nc(Nc2ccc([N+](=O)[O-])cc2)nc(OCC(F)(F)C(C)F)n1.CCN(CC)c1nc(Nc2cccc([N+](=O)[O-])c2)nc(OCC(F)(F)C(C)F)n1. The van der Waals surface area contributed by atoms with Crippen molar-refractivity contribution in [2.24, 2.45) is 0 Å². The van der Waals surface area contributed by atoms with Gasteiger partial charge in [0.2, 0.25) is 47.6 Å². The van der Waals surface area contributed by atoms with E-state index in [0.717, 1.165) is 27.7 Å². The van der Waals surface area contributed by atoms with Crippen molar-refractivity contribution in [1.29, 1.82) is 0 Å². The maximum absolute atomic E-state index is 13.5. The lowest BCUT2D eigenvalue weighted by Gasteiger charge is -2.21. The fraction of sp³-hybridized carbons (Fsp3) is 0.464. The zero-order valence-corrected chi connectivity index (χ0v) is 63.6. The third-order valence-electron chi connectivity index (χ3n) is 15.6. The molecule has 0 saturated heterocycles. The molecular formula is C69H85F13N22O10. The van der Waals surface area contributed by atoms with E-state index in [1.54, 1.807) is 25.7 Å². The lowest BCUT2D eigenvalue weighted by atomic mass is 10.2. The lowest BCUT2D eigenvalue weighted by molar-refractivity contribution is -0.385. The van der Waals surface area contributed by atoms with Crippen LogP contribution in [0.5, 0.6) is 24.0 Å². The third-order valence-corrected chi connectivity index (χ3v) is 15.6. The molecule has 4 unspecified atom stereocenters. The molecule has 8 aromatic rings. The van der Waals surface area contributed by atoms with Gasteiger partial charge in [-0.2, -0.15) is 94.9 Å². The lowest BCUT2D eigenvalue weighted by Crippen LogP contribution is -2.35. The van der Waals surface area contributed by atoms with Crippen LogP contribution in [0, 0.1) is 26.0 Å². The van der Waals surface area contributed by atoms with E-state index in [4.69, 9.17) is 24.1 Å². The van der Waals surface area contributed by atoms with E-state index in [9.17, 15) is 82.1 Å². The number of anilines is 12. The Labute approximate surface area is 645 Å². The summed E-state index contributed by atoms with van der Waals surface area (Å²) in [6.45, 7) is 17.3. The predicted octanol–water partition coefficient (Wildman–Crippen LogP) is 15.0. The van der Waals surface area contributed by atoms with Crippen LogP contribution in [-0.2, 0) is 0 Å². The molecule has 4 aromatic heterocycles. The first-order valence-electron chi connectivity index (χ1n) is 35.0. The molecule has 5 N–H and O–H groups in total.